The van der Waals surface area contributed by atoms with E-state index < -0.39 is 0 Å². The number of halogens is 2. The Labute approximate surface area is 176 Å². The van der Waals surface area contributed by atoms with Gasteiger partial charge >= 0.3 is 0 Å². The van der Waals surface area contributed by atoms with E-state index in [9.17, 15) is 8.78 Å². The molecule has 0 amide bonds. The van der Waals surface area contributed by atoms with Crippen LogP contribution in [0.1, 0.15) is 24.0 Å². The second-order valence-electron chi connectivity index (χ2n) is 7.96. The van der Waals surface area contributed by atoms with E-state index in [1.165, 1.54) is 6.07 Å². The molecule has 4 rings (SSSR count). The van der Waals surface area contributed by atoms with Gasteiger partial charge in [-0.1, -0.05) is 18.2 Å². The van der Waals surface area contributed by atoms with E-state index in [1.807, 2.05) is 23.1 Å². The molecule has 160 valence electrons. The third-order valence-corrected chi connectivity index (χ3v) is 5.93. The predicted octanol–water partition coefficient (Wildman–Crippen LogP) is 3.20. The fraction of sp³-hybridized carbons (Fsp3) is 0.435. The Kier molecular flexibility index (Phi) is 6.18. The zero-order valence-electron chi connectivity index (χ0n) is 17.3. The Hall–Kier alpha value is -2.67. The molecular formula is C23H28F2N4O. The van der Waals surface area contributed by atoms with Gasteiger partial charge in [-0.15, -0.1) is 0 Å². The van der Waals surface area contributed by atoms with Crippen LogP contribution in [0.15, 0.2) is 47.5 Å². The number of rotatable bonds is 6. The lowest BCUT2D eigenvalue weighted by Crippen LogP contribution is -2.41. The predicted molar refractivity (Wildman–Crippen MR) is 115 cm³/mol. The van der Waals surface area contributed by atoms with E-state index in [-0.39, 0.29) is 17.0 Å². The van der Waals surface area contributed by atoms with Crippen LogP contribution in [0.3, 0.4) is 0 Å². The van der Waals surface area contributed by atoms with Crippen molar-refractivity contribution in [3.8, 4) is 0 Å². The van der Waals surface area contributed by atoms with Gasteiger partial charge in [-0.25, -0.2) is 8.78 Å². The summed E-state index contributed by atoms with van der Waals surface area (Å²) in [6.45, 7) is 3.81. The van der Waals surface area contributed by atoms with Gasteiger partial charge in [0, 0.05) is 38.6 Å². The number of nitrogens with one attached hydrogen (secondary N) is 2. The lowest BCUT2D eigenvalue weighted by atomic mass is 9.96. The molecule has 2 fully saturated rings. The van der Waals surface area contributed by atoms with Crippen LogP contribution in [0.2, 0.25) is 0 Å². The molecule has 1 aliphatic carbocycles. The highest BCUT2D eigenvalue weighted by molar-refractivity contribution is 5.79. The van der Waals surface area contributed by atoms with E-state index in [0.717, 1.165) is 24.0 Å². The Balaban J connectivity index is 1.32. The molecule has 2 N–H and O–H groups in total. The molecule has 30 heavy (non-hydrogen) atoms. The van der Waals surface area contributed by atoms with Gasteiger partial charge in [0.05, 0.1) is 18.9 Å². The van der Waals surface area contributed by atoms with Crippen molar-refractivity contribution in [1.29, 1.82) is 0 Å². The Morgan fingerprint density at radius 2 is 1.90 bits per heavy atom. The first-order valence-electron chi connectivity index (χ1n) is 10.4. The average molecular weight is 415 g/mol. The monoisotopic (exact) mass is 414 g/mol. The molecule has 1 heterocycles. The van der Waals surface area contributed by atoms with Crippen LogP contribution < -0.4 is 15.5 Å². The lowest BCUT2D eigenvalue weighted by Gasteiger charge is -2.29. The molecule has 0 aromatic heterocycles. The van der Waals surface area contributed by atoms with E-state index in [1.54, 1.807) is 25.2 Å². The van der Waals surface area contributed by atoms with Crippen LogP contribution in [0.4, 0.5) is 14.5 Å². The van der Waals surface area contributed by atoms with Crippen LogP contribution in [0.25, 0.3) is 0 Å². The van der Waals surface area contributed by atoms with Crippen LogP contribution >= 0.6 is 0 Å². The molecule has 7 heteroatoms. The minimum atomic E-state index is -0.220. The van der Waals surface area contributed by atoms with Crippen molar-refractivity contribution in [3.05, 3.63) is 65.2 Å². The molecule has 1 saturated heterocycles. The van der Waals surface area contributed by atoms with Crippen molar-refractivity contribution in [2.75, 3.05) is 44.8 Å². The van der Waals surface area contributed by atoms with Gasteiger partial charge in [0.15, 0.2) is 5.96 Å². The summed E-state index contributed by atoms with van der Waals surface area (Å²) >= 11 is 0. The summed E-state index contributed by atoms with van der Waals surface area (Å²) in [5.41, 5.74) is 2.45. The van der Waals surface area contributed by atoms with Crippen molar-refractivity contribution in [2.24, 2.45) is 4.99 Å². The number of hydrogen-bond acceptors (Lipinski definition) is 3. The highest BCUT2D eigenvalue weighted by atomic mass is 19.1. The summed E-state index contributed by atoms with van der Waals surface area (Å²) in [5.74, 6) is 0.223. The van der Waals surface area contributed by atoms with Crippen LogP contribution in [-0.2, 0) is 16.7 Å². The molecule has 0 bridgehead atoms. The first kappa shape index (κ1) is 20.6. The number of guanidine groups is 1. The quantitative estimate of drug-likeness (QED) is 0.563. The number of nitrogens with zero attached hydrogens (tertiary/aromatic N) is 2. The van der Waals surface area contributed by atoms with E-state index in [0.29, 0.717) is 51.0 Å². The molecule has 0 atom stereocenters. The van der Waals surface area contributed by atoms with Gasteiger partial charge in [0.1, 0.15) is 11.6 Å². The van der Waals surface area contributed by atoms with Crippen molar-refractivity contribution < 1.29 is 13.5 Å². The van der Waals surface area contributed by atoms with Crippen molar-refractivity contribution >= 4 is 11.6 Å². The topological polar surface area (TPSA) is 48.9 Å². The Morgan fingerprint density at radius 1 is 1.10 bits per heavy atom. The Bertz CT molecular complexity index is 908. The maximum absolute atomic E-state index is 14.6. The van der Waals surface area contributed by atoms with E-state index in [4.69, 9.17) is 4.74 Å². The summed E-state index contributed by atoms with van der Waals surface area (Å²) in [4.78, 5) is 6.28. The normalized spacial score (nSPS) is 18.2. The smallest absolute Gasteiger partial charge is 0.191 e. The van der Waals surface area contributed by atoms with Gasteiger partial charge in [-0.2, -0.15) is 0 Å². The lowest BCUT2D eigenvalue weighted by molar-refractivity contribution is 0.122. The minimum absolute atomic E-state index is 0.0361. The summed E-state index contributed by atoms with van der Waals surface area (Å²) < 4.78 is 33.5. The number of anilines is 1. The molecule has 2 aliphatic rings. The van der Waals surface area contributed by atoms with Crippen LogP contribution in [0.5, 0.6) is 0 Å². The molecule has 1 aliphatic heterocycles. The first-order chi connectivity index (χ1) is 14.6. The third kappa shape index (κ3) is 4.73. The zero-order chi connectivity index (χ0) is 21.0. The molecule has 2 aromatic carbocycles. The maximum Gasteiger partial charge on any atom is 0.191 e. The molecule has 0 unspecified atom stereocenters. The summed E-state index contributed by atoms with van der Waals surface area (Å²) in [6.07, 6.45) is 2.04. The van der Waals surface area contributed by atoms with Gasteiger partial charge in [0.25, 0.3) is 0 Å². The molecule has 0 spiro atoms. The fourth-order valence-corrected chi connectivity index (χ4v) is 3.92. The summed E-state index contributed by atoms with van der Waals surface area (Å²) in [6, 6.07) is 12.2. The van der Waals surface area contributed by atoms with Crippen LogP contribution in [-0.4, -0.2) is 45.9 Å². The van der Waals surface area contributed by atoms with Gasteiger partial charge < -0.3 is 20.3 Å². The summed E-state index contributed by atoms with van der Waals surface area (Å²) in [5, 5.41) is 6.58. The average Bonchev–Trinajstić information content (AvgIpc) is 3.56. The van der Waals surface area contributed by atoms with Crippen molar-refractivity contribution in [1.82, 2.24) is 10.6 Å². The SMILES string of the molecule is CN=C(NCc1ccc(N2CCOCC2)c(F)c1)NCC1(c2cccc(F)c2)CC1. The second-order valence-corrected chi connectivity index (χ2v) is 7.96. The molecular weight excluding hydrogens is 386 g/mol. The van der Waals surface area contributed by atoms with Crippen LogP contribution in [0, 0.1) is 11.6 Å². The highest BCUT2D eigenvalue weighted by Crippen LogP contribution is 2.47. The summed E-state index contributed by atoms with van der Waals surface area (Å²) in [7, 11) is 1.71. The number of ether oxygens (including phenoxy) is 1. The Morgan fingerprint density at radius 3 is 2.57 bits per heavy atom. The van der Waals surface area contributed by atoms with E-state index >= 15 is 0 Å². The van der Waals surface area contributed by atoms with Crippen molar-refractivity contribution in [3.63, 3.8) is 0 Å². The fourth-order valence-electron chi connectivity index (χ4n) is 3.92. The molecule has 0 radical (unpaired) electrons. The standard InChI is InChI=1S/C23H28F2N4O/c1-26-22(28-16-23(7-8-23)18-3-2-4-19(24)14-18)27-15-17-5-6-21(20(25)13-17)29-9-11-30-12-10-29/h2-6,13-14H,7-12,15-16H2,1H3,(H2,26,27,28). The highest BCUT2D eigenvalue weighted by Gasteiger charge is 2.44. The molecule has 1 saturated carbocycles. The second kappa shape index (κ2) is 9.00. The van der Waals surface area contributed by atoms with Gasteiger partial charge in [-0.3, -0.25) is 4.99 Å². The maximum atomic E-state index is 14.6. The van der Waals surface area contributed by atoms with Gasteiger partial charge in [0.2, 0.25) is 0 Å². The largest absolute Gasteiger partial charge is 0.378 e. The number of morpholine rings is 1. The number of hydrogen-bond donors (Lipinski definition) is 2. The first-order valence-corrected chi connectivity index (χ1v) is 10.4. The van der Waals surface area contributed by atoms with Crippen molar-refractivity contribution in [2.45, 2.75) is 24.8 Å². The molecule has 5 nitrogen and oxygen atoms in total. The number of aliphatic imine (C=N–C) groups is 1. The minimum Gasteiger partial charge on any atom is -0.378 e. The number of benzene rings is 2. The zero-order valence-corrected chi connectivity index (χ0v) is 17.3. The van der Waals surface area contributed by atoms with Gasteiger partial charge in [-0.05, 0) is 48.2 Å². The third-order valence-electron chi connectivity index (χ3n) is 5.93. The van der Waals surface area contributed by atoms with E-state index in [2.05, 4.69) is 15.6 Å². The molecule has 2 aromatic rings.